The number of carbonyl (C=O) groups is 1. The molecule has 0 rings (SSSR count). The summed E-state index contributed by atoms with van der Waals surface area (Å²) in [4.78, 5) is 11.7. The van der Waals surface area contributed by atoms with E-state index in [4.69, 9.17) is 14.8 Å². The van der Waals surface area contributed by atoms with E-state index in [0.29, 0.717) is 0 Å². The van der Waals surface area contributed by atoms with Crippen LogP contribution >= 0.6 is 0 Å². The molecule has 0 amide bonds. The van der Waals surface area contributed by atoms with Crippen molar-refractivity contribution in [2.75, 3.05) is 0 Å². The van der Waals surface area contributed by atoms with Crippen LogP contribution in [0.3, 0.4) is 0 Å². The highest BCUT2D eigenvalue weighted by molar-refractivity contribution is 6.47. The van der Waals surface area contributed by atoms with Gasteiger partial charge in [0.1, 0.15) is 5.60 Å². The Hall–Kier alpha value is -0.805. The van der Waals surface area contributed by atoms with Crippen molar-refractivity contribution in [3.8, 4) is 0 Å². The Morgan fingerprint density at radius 3 is 2.00 bits per heavy atom. The minimum absolute atomic E-state index is 0.396. The molecular formula is C10H19BO4. The summed E-state index contributed by atoms with van der Waals surface area (Å²) in [5.41, 5.74) is -1.41. The predicted molar refractivity (Wildman–Crippen MR) is 59.0 cm³/mol. The van der Waals surface area contributed by atoms with Crippen LogP contribution in [0.5, 0.6) is 0 Å². The first-order chi connectivity index (χ1) is 6.54. The SMILES string of the molecule is CC(C)(C)OC(=O)C(C)(C)/C=C/B(O)O. The maximum Gasteiger partial charge on any atom is 0.480 e. The standard InChI is InChI=1S/C10H19BO4/c1-9(2,3)15-8(12)10(4,5)6-7-11(13)14/h6-7,13-14H,1-5H3/b7-6+. The fraction of sp³-hybridized carbons (Fsp3) is 0.700. The van der Waals surface area contributed by atoms with Crippen molar-refractivity contribution in [1.82, 2.24) is 0 Å². The average Bonchev–Trinajstić information content (AvgIpc) is 1.97. The van der Waals surface area contributed by atoms with Gasteiger partial charge in [-0.05, 0) is 34.6 Å². The molecule has 0 saturated heterocycles. The largest absolute Gasteiger partial charge is 0.480 e. The van der Waals surface area contributed by atoms with E-state index < -0.39 is 24.1 Å². The van der Waals surface area contributed by atoms with Gasteiger partial charge in [0.25, 0.3) is 0 Å². The first-order valence-electron chi connectivity index (χ1n) is 4.83. The lowest BCUT2D eigenvalue weighted by Gasteiger charge is -2.26. The first-order valence-corrected chi connectivity index (χ1v) is 4.83. The third kappa shape index (κ3) is 6.31. The number of rotatable bonds is 3. The van der Waals surface area contributed by atoms with Crippen molar-refractivity contribution in [3.63, 3.8) is 0 Å². The zero-order valence-corrected chi connectivity index (χ0v) is 9.94. The van der Waals surface area contributed by atoms with Gasteiger partial charge >= 0.3 is 13.1 Å². The lowest BCUT2D eigenvalue weighted by atomic mass is 9.84. The second-order valence-corrected chi connectivity index (χ2v) is 5.00. The number of carbonyl (C=O) groups excluding carboxylic acids is 1. The summed E-state index contributed by atoms with van der Waals surface area (Å²) in [5.74, 6) is 0.746. The Balaban J connectivity index is 4.53. The summed E-state index contributed by atoms with van der Waals surface area (Å²) in [6.45, 7) is 8.66. The van der Waals surface area contributed by atoms with E-state index >= 15 is 0 Å². The fourth-order valence-electron chi connectivity index (χ4n) is 0.804. The minimum Gasteiger partial charge on any atom is -0.459 e. The molecule has 0 aromatic heterocycles. The molecule has 0 spiro atoms. The topological polar surface area (TPSA) is 66.8 Å². The monoisotopic (exact) mass is 214 g/mol. The zero-order chi connectivity index (χ0) is 12.3. The lowest BCUT2D eigenvalue weighted by Crippen LogP contribution is -2.33. The molecular weight excluding hydrogens is 195 g/mol. The van der Waals surface area contributed by atoms with Crippen LogP contribution in [0.15, 0.2) is 12.1 Å². The molecule has 0 aromatic carbocycles. The van der Waals surface area contributed by atoms with E-state index in [1.165, 1.54) is 6.08 Å². The van der Waals surface area contributed by atoms with Gasteiger partial charge in [0.05, 0.1) is 5.41 Å². The van der Waals surface area contributed by atoms with Crippen LogP contribution in [0.25, 0.3) is 0 Å². The molecule has 15 heavy (non-hydrogen) atoms. The van der Waals surface area contributed by atoms with Crippen molar-refractivity contribution in [2.24, 2.45) is 5.41 Å². The van der Waals surface area contributed by atoms with E-state index in [1.54, 1.807) is 34.6 Å². The van der Waals surface area contributed by atoms with Gasteiger partial charge in [0.15, 0.2) is 0 Å². The summed E-state index contributed by atoms with van der Waals surface area (Å²) >= 11 is 0. The van der Waals surface area contributed by atoms with Gasteiger partial charge in [-0.25, -0.2) is 0 Å². The Morgan fingerprint density at radius 2 is 1.67 bits per heavy atom. The van der Waals surface area contributed by atoms with Gasteiger partial charge in [-0.2, -0.15) is 0 Å². The predicted octanol–water partition coefficient (Wildman–Crippen LogP) is 0.922. The molecule has 0 fully saturated rings. The van der Waals surface area contributed by atoms with Gasteiger partial charge < -0.3 is 14.8 Å². The van der Waals surface area contributed by atoms with Gasteiger partial charge in [0, 0.05) is 0 Å². The number of hydrogen-bond donors (Lipinski definition) is 2. The van der Waals surface area contributed by atoms with E-state index in [-0.39, 0.29) is 0 Å². The van der Waals surface area contributed by atoms with Crippen LogP contribution in [-0.4, -0.2) is 28.7 Å². The van der Waals surface area contributed by atoms with Gasteiger partial charge in [-0.1, -0.05) is 12.1 Å². The third-order valence-corrected chi connectivity index (χ3v) is 1.61. The number of ether oxygens (including phenoxy) is 1. The maximum absolute atomic E-state index is 11.7. The summed E-state index contributed by atoms with van der Waals surface area (Å²) in [6.07, 6.45) is 1.42. The van der Waals surface area contributed by atoms with E-state index in [1.807, 2.05) is 0 Å². The molecule has 0 aromatic rings. The normalized spacial score (nSPS) is 13.0. The molecule has 0 aliphatic heterocycles. The van der Waals surface area contributed by atoms with Gasteiger partial charge in [-0.15, -0.1) is 0 Å². The summed E-state index contributed by atoms with van der Waals surface area (Å²) < 4.78 is 5.18. The van der Waals surface area contributed by atoms with Crippen LogP contribution in [0, 0.1) is 5.41 Å². The third-order valence-electron chi connectivity index (χ3n) is 1.61. The Bertz CT molecular complexity index is 251. The molecule has 0 bridgehead atoms. The van der Waals surface area contributed by atoms with Crippen molar-refractivity contribution in [1.29, 1.82) is 0 Å². The van der Waals surface area contributed by atoms with Crippen LogP contribution in [0.1, 0.15) is 34.6 Å². The lowest BCUT2D eigenvalue weighted by molar-refractivity contribution is -0.162. The van der Waals surface area contributed by atoms with Crippen molar-refractivity contribution >= 4 is 13.1 Å². The highest BCUT2D eigenvalue weighted by Crippen LogP contribution is 2.22. The Labute approximate surface area is 91.1 Å². The molecule has 2 N–H and O–H groups in total. The second kappa shape index (κ2) is 4.81. The average molecular weight is 214 g/mol. The van der Waals surface area contributed by atoms with E-state index in [0.717, 1.165) is 5.98 Å². The molecule has 0 radical (unpaired) electrons. The minimum atomic E-state index is -1.55. The van der Waals surface area contributed by atoms with Crippen LogP contribution < -0.4 is 0 Å². The molecule has 0 heterocycles. The quantitative estimate of drug-likeness (QED) is 0.541. The smallest absolute Gasteiger partial charge is 0.459 e. The molecule has 4 nitrogen and oxygen atoms in total. The molecule has 86 valence electrons. The van der Waals surface area contributed by atoms with E-state index in [9.17, 15) is 4.79 Å². The fourth-order valence-corrected chi connectivity index (χ4v) is 0.804. The van der Waals surface area contributed by atoms with Crippen molar-refractivity contribution in [2.45, 2.75) is 40.2 Å². The van der Waals surface area contributed by atoms with Crippen LogP contribution in [-0.2, 0) is 9.53 Å². The maximum atomic E-state index is 11.7. The first kappa shape index (κ1) is 14.2. The molecule has 0 atom stereocenters. The Kier molecular flexibility index (Phi) is 4.55. The van der Waals surface area contributed by atoms with Crippen LogP contribution in [0.2, 0.25) is 0 Å². The van der Waals surface area contributed by atoms with Gasteiger partial charge in [0.2, 0.25) is 0 Å². The number of esters is 1. The molecule has 0 saturated carbocycles. The zero-order valence-electron chi connectivity index (χ0n) is 9.94. The van der Waals surface area contributed by atoms with E-state index in [2.05, 4.69) is 0 Å². The Morgan fingerprint density at radius 1 is 1.20 bits per heavy atom. The molecule has 0 aliphatic carbocycles. The summed E-state index contributed by atoms with van der Waals surface area (Å²) in [6, 6.07) is 0. The van der Waals surface area contributed by atoms with Crippen molar-refractivity contribution in [3.05, 3.63) is 12.1 Å². The second-order valence-electron chi connectivity index (χ2n) is 5.00. The number of hydrogen-bond acceptors (Lipinski definition) is 4. The molecule has 0 aliphatic rings. The summed E-state index contributed by atoms with van der Waals surface area (Å²) in [7, 11) is -1.55. The highest BCUT2D eigenvalue weighted by Gasteiger charge is 2.30. The van der Waals surface area contributed by atoms with Crippen molar-refractivity contribution < 1.29 is 19.6 Å². The molecule has 0 unspecified atom stereocenters. The summed E-state index contributed by atoms with van der Waals surface area (Å²) in [5, 5.41) is 17.3. The highest BCUT2D eigenvalue weighted by atomic mass is 16.6. The van der Waals surface area contributed by atoms with Crippen LogP contribution in [0.4, 0.5) is 0 Å². The molecule has 5 heteroatoms. The van der Waals surface area contributed by atoms with Gasteiger partial charge in [-0.3, -0.25) is 4.79 Å².